The lowest BCUT2D eigenvalue weighted by Crippen LogP contribution is -2.41. The van der Waals surface area contributed by atoms with E-state index in [0.29, 0.717) is 29.5 Å². The lowest BCUT2D eigenvalue weighted by molar-refractivity contribution is -0.139. The molecule has 2 aromatic rings. The highest BCUT2D eigenvalue weighted by Crippen LogP contribution is 2.26. The highest BCUT2D eigenvalue weighted by Gasteiger charge is 2.23. The summed E-state index contributed by atoms with van der Waals surface area (Å²) in [7, 11) is 0. The topological polar surface area (TPSA) is 105 Å². The quantitative estimate of drug-likeness (QED) is 0.695. The van der Waals surface area contributed by atoms with E-state index in [0.717, 1.165) is 4.90 Å². The van der Waals surface area contributed by atoms with Gasteiger partial charge in [-0.15, -0.1) is 11.8 Å². The molecule has 0 aliphatic carbocycles. The Kier molecular flexibility index (Phi) is 6.58. The van der Waals surface area contributed by atoms with Crippen molar-refractivity contribution in [3.8, 4) is 0 Å². The molecule has 0 aliphatic heterocycles. The van der Waals surface area contributed by atoms with Gasteiger partial charge in [0.15, 0.2) is 5.82 Å². The summed E-state index contributed by atoms with van der Waals surface area (Å²) in [6, 6.07) is 6.13. The fourth-order valence-corrected chi connectivity index (χ4v) is 3.13. The molecule has 0 unspecified atom stereocenters. The second-order valence-corrected chi connectivity index (χ2v) is 7.03. The van der Waals surface area contributed by atoms with Crippen molar-refractivity contribution in [3.05, 3.63) is 41.5 Å². The van der Waals surface area contributed by atoms with Crippen LogP contribution >= 0.6 is 11.8 Å². The van der Waals surface area contributed by atoms with Gasteiger partial charge < -0.3 is 14.9 Å². The molecule has 1 amide bonds. The van der Waals surface area contributed by atoms with Gasteiger partial charge in [-0.2, -0.15) is 4.98 Å². The van der Waals surface area contributed by atoms with Gasteiger partial charge in [-0.25, -0.2) is 4.79 Å². The Morgan fingerprint density at radius 2 is 2.04 bits per heavy atom. The summed E-state index contributed by atoms with van der Waals surface area (Å²) in [6.45, 7) is 5.57. The fourth-order valence-electron chi connectivity index (χ4n) is 2.25. The zero-order chi connectivity index (χ0) is 18.4. The number of rotatable bonds is 8. The maximum atomic E-state index is 12.5. The van der Waals surface area contributed by atoms with Gasteiger partial charge in [-0.05, 0) is 31.4 Å². The summed E-state index contributed by atoms with van der Waals surface area (Å²) in [4.78, 5) is 28.7. The first-order chi connectivity index (χ1) is 11.9. The van der Waals surface area contributed by atoms with Crippen LogP contribution in [0.15, 0.2) is 33.7 Å². The lowest BCUT2D eigenvalue weighted by atomic mass is 10.0. The number of hydrogen-bond acceptors (Lipinski definition) is 6. The molecule has 7 nitrogen and oxygen atoms in total. The van der Waals surface area contributed by atoms with Crippen LogP contribution in [0.4, 0.5) is 0 Å². The summed E-state index contributed by atoms with van der Waals surface area (Å²) in [5.41, 5.74) is 0.429. The van der Waals surface area contributed by atoms with E-state index in [4.69, 9.17) is 4.52 Å². The number of aromatic nitrogens is 2. The average molecular weight is 363 g/mol. The second kappa shape index (κ2) is 8.66. The number of carboxylic acids is 1. The molecule has 1 heterocycles. The van der Waals surface area contributed by atoms with Crippen molar-refractivity contribution in [3.63, 3.8) is 0 Å². The normalized spacial score (nSPS) is 12.2. The van der Waals surface area contributed by atoms with E-state index in [-0.39, 0.29) is 5.92 Å². The number of amides is 1. The second-order valence-electron chi connectivity index (χ2n) is 6.01. The third kappa shape index (κ3) is 5.60. The number of nitrogens with zero attached hydrogens (tertiary/aromatic N) is 2. The Hall–Kier alpha value is -2.35. The number of aliphatic carboxylic acids is 1. The monoisotopic (exact) mass is 363 g/mol. The van der Waals surface area contributed by atoms with Crippen LogP contribution in [0.25, 0.3) is 0 Å². The van der Waals surface area contributed by atoms with Gasteiger partial charge >= 0.3 is 5.97 Å². The third-order valence-electron chi connectivity index (χ3n) is 3.36. The van der Waals surface area contributed by atoms with E-state index in [2.05, 4.69) is 15.5 Å². The minimum absolute atomic E-state index is 0.159. The van der Waals surface area contributed by atoms with Crippen molar-refractivity contribution in [2.45, 2.75) is 43.9 Å². The number of benzene rings is 1. The van der Waals surface area contributed by atoms with Crippen molar-refractivity contribution < 1.29 is 19.2 Å². The lowest BCUT2D eigenvalue weighted by Gasteiger charge is -2.17. The first kappa shape index (κ1) is 19.0. The zero-order valence-corrected chi connectivity index (χ0v) is 15.2. The van der Waals surface area contributed by atoms with Crippen LogP contribution in [0.5, 0.6) is 0 Å². The molecule has 1 atom stereocenters. The first-order valence-electron chi connectivity index (χ1n) is 7.91. The minimum Gasteiger partial charge on any atom is -0.480 e. The molecule has 0 bridgehead atoms. The SMILES string of the molecule is Cc1noc(CSc2ccccc2C(=O)N[C@H](CC(C)C)C(=O)O)n1. The highest BCUT2D eigenvalue weighted by molar-refractivity contribution is 7.98. The van der Waals surface area contributed by atoms with Gasteiger partial charge in [0, 0.05) is 4.90 Å². The van der Waals surface area contributed by atoms with Crippen molar-refractivity contribution in [1.82, 2.24) is 15.5 Å². The Balaban J connectivity index is 2.09. The standard InChI is InChI=1S/C17H21N3O4S/c1-10(2)8-13(17(22)23)19-16(21)12-6-4-5-7-14(12)25-9-15-18-11(3)20-24-15/h4-7,10,13H,8-9H2,1-3H3,(H,19,21)(H,22,23)/t13-/m1/s1. The van der Waals surface area contributed by atoms with Gasteiger partial charge in [0.1, 0.15) is 6.04 Å². The first-order valence-corrected chi connectivity index (χ1v) is 8.90. The van der Waals surface area contributed by atoms with E-state index >= 15 is 0 Å². The van der Waals surface area contributed by atoms with Crippen LogP contribution in [0.3, 0.4) is 0 Å². The van der Waals surface area contributed by atoms with Crippen molar-refractivity contribution in [2.75, 3.05) is 0 Å². The van der Waals surface area contributed by atoms with Crippen molar-refractivity contribution in [2.24, 2.45) is 5.92 Å². The highest BCUT2D eigenvalue weighted by atomic mass is 32.2. The summed E-state index contributed by atoms with van der Waals surface area (Å²) < 4.78 is 5.07. The van der Waals surface area contributed by atoms with Gasteiger partial charge in [0.2, 0.25) is 5.89 Å². The van der Waals surface area contributed by atoms with Gasteiger partial charge in [-0.1, -0.05) is 31.1 Å². The van der Waals surface area contributed by atoms with Gasteiger partial charge in [0.25, 0.3) is 5.91 Å². The molecule has 0 saturated heterocycles. The Bertz CT molecular complexity index is 745. The number of thioether (sulfide) groups is 1. The maximum Gasteiger partial charge on any atom is 0.326 e. The van der Waals surface area contributed by atoms with Crippen LogP contribution in [0.2, 0.25) is 0 Å². The largest absolute Gasteiger partial charge is 0.480 e. The van der Waals surface area contributed by atoms with E-state index in [1.54, 1.807) is 25.1 Å². The molecule has 1 aromatic carbocycles. The minimum atomic E-state index is -1.03. The van der Waals surface area contributed by atoms with Crippen molar-refractivity contribution in [1.29, 1.82) is 0 Å². The van der Waals surface area contributed by atoms with E-state index < -0.39 is 17.9 Å². The van der Waals surface area contributed by atoms with Gasteiger partial charge in [-0.3, -0.25) is 4.79 Å². The molecule has 0 aliphatic rings. The molecule has 25 heavy (non-hydrogen) atoms. The molecule has 2 rings (SSSR count). The Morgan fingerprint density at radius 1 is 1.32 bits per heavy atom. The average Bonchev–Trinajstić information content (AvgIpc) is 2.97. The smallest absolute Gasteiger partial charge is 0.326 e. The fraction of sp³-hybridized carbons (Fsp3) is 0.412. The van der Waals surface area contributed by atoms with E-state index in [1.165, 1.54) is 11.8 Å². The molecule has 2 N–H and O–H groups in total. The Labute approximate surface area is 150 Å². The third-order valence-corrected chi connectivity index (χ3v) is 4.42. The predicted octanol–water partition coefficient (Wildman–Crippen LogP) is 2.90. The number of carbonyl (C=O) groups is 2. The van der Waals surface area contributed by atoms with Crippen LogP contribution < -0.4 is 5.32 Å². The van der Waals surface area contributed by atoms with Crippen LogP contribution in [-0.2, 0) is 10.5 Å². The molecular formula is C17H21N3O4S. The molecule has 134 valence electrons. The molecule has 0 radical (unpaired) electrons. The van der Waals surface area contributed by atoms with Crippen molar-refractivity contribution >= 4 is 23.6 Å². The van der Waals surface area contributed by atoms with E-state index in [1.807, 2.05) is 19.9 Å². The molecule has 8 heteroatoms. The summed E-state index contributed by atoms with van der Waals surface area (Å²) in [5.74, 6) is 0.179. The van der Waals surface area contributed by atoms with Crippen LogP contribution in [0, 0.1) is 12.8 Å². The van der Waals surface area contributed by atoms with Crippen LogP contribution in [0.1, 0.15) is 42.3 Å². The van der Waals surface area contributed by atoms with Gasteiger partial charge in [0.05, 0.1) is 11.3 Å². The van der Waals surface area contributed by atoms with Crippen LogP contribution in [-0.4, -0.2) is 33.2 Å². The summed E-state index contributed by atoms with van der Waals surface area (Å²) in [6.07, 6.45) is 0.373. The number of aryl methyl sites for hydroxylation is 1. The molecule has 0 saturated carbocycles. The Morgan fingerprint density at radius 3 is 2.64 bits per heavy atom. The molecule has 0 fully saturated rings. The predicted molar refractivity (Wildman–Crippen MR) is 93.4 cm³/mol. The summed E-state index contributed by atoms with van der Waals surface area (Å²) in [5, 5.41) is 15.6. The number of carboxylic acid groups (broad SMARTS) is 1. The number of hydrogen-bond donors (Lipinski definition) is 2. The maximum absolute atomic E-state index is 12.5. The number of carbonyl (C=O) groups excluding carboxylic acids is 1. The zero-order valence-electron chi connectivity index (χ0n) is 14.4. The molecule has 0 spiro atoms. The molecule has 1 aromatic heterocycles. The number of nitrogens with one attached hydrogen (secondary N) is 1. The van der Waals surface area contributed by atoms with E-state index in [9.17, 15) is 14.7 Å². The summed E-state index contributed by atoms with van der Waals surface area (Å²) >= 11 is 1.39. The molecular weight excluding hydrogens is 342 g/mol.